The van der Waals surface area contributed by atoms with Gasteiger partial charge in [0.2, 0.25) is 0 Å². The van der Waals surface area contributed by atoms with E-state index in [-0.39, 0.29) is 5.57 Å². The van der Waals surface area contributed by atoms with E-state index in [9.17, 15) is 9.59 Å². The van der Waals surface area contributed by atoms with Crippen molar-refractivity contribution in [3.05, 3.63) is 65.9 Å². The van der Waals surface area contributed by atoms with Crippen molar-refractivity contribution in [1.29, 1.82) is 0 Å². The molecule has 1 fully saturated rings. The Hall–Kier alpha value is -3.48. The van der Waals surface area contributed by atoms with E-state index in [1.54, 1.807) is 7.11 Å². The Kier molecular flexibility index (Phi) is 5.54. The molecule has 2 aromatic carbocycles. The highest BCUT2D eigenvalue weighted by molar-refractivity contribution is 6.15. The molecule has 0 amide bonds. The second-order valence-corrected chi connectivity index (χ2v) is 6.63. The van der Waals surface area contributed by atoms with Gasteiger partial charge in [-0.1, -0.05) is 24.3 Å². The molecule has 0 saturated carbocycles. The van der Waals surface area contributed by atoms with Crippen LogP contribution in [0.4, 0.5) is 11.4 Å². The van der Waals surface area contributed by atoms with Crippen LogP contribution in [0.5, 0.6) is 5.75 Å². The summed E-state index contributed by atoms with van der Waals surface area (Å²) in [7, 11) is 1.63. The van der Waals surface area contributed by atoms with Crippen LogP contribution in [-0.4, -0.2) is 24.8 Å². The maximum atomic E-state index is 12.0. The van der Waals surface area contributed by atoms with Gasteiger partial charge in [0.05, 0.1) is 18.5 Å². The smallest absolute Gasteiger partial charge is 0.350 e. The van der Waals surface area contributed by atoms with Gasteiger partial charge in [-0.25, -0.2) is 9.59 Å². The first-order chi connectivity index (χ1) is 13.4. The van der Waals surface area contributed by atoms with E-state index in [2.05, 4.69) is 10.6 Å². The number of ether oxygens (including phenoxy) is 3. The Morgan fingerprint density at radius 2 is 1.57 bits per heavy atom. The fraction of sp³-hybridized carbons (Fsp3) is 0.238. The van der Waals surface area contributed by atoms with Gasteiger partial charge in [-0.3, -0.25) is 0 Å². The van der Waals surface area contributed by atoms with E-state index >= 15 is 0 Å². The molecule has 0 aliphatic carbocycles. The molecule has 0 spiro atoms. The summed E-state index contributed by atoms with van der Waals surface area (Å²) < 4.78 is 15.3. The third-order valence-corrected chi connectivity index (χ3v) is 4.06. The highest BCUT2D eigenvalue weighted by atomic mass is 16.7. The number of para-hydroxylation sites is 2. The predicted molar refractivity (Wildman–Crippen MR) is 105 cm³/mol. The number of esters is 2. The van der Waals surface area contributed by atoms with Crippen molar-refractivity contribution in [3.8, 4) is 5.75 Å². The van der Waals surface area contributed by atoms with Crippen LogP contribution in [0.15, 0.2) is 60.3 Å². The number of carbonyl (C=O) groups excluding carboxylic acids is 2. The van der Waals surface area contributed by atoms with Crippen LogP contribution < -0.4 is 15.4 Å². The number of benzene rings is 2. The fourth-order valence-electron chi connectivity index (χ4n) is 2.63. The van der Waals surface area contributed by atoms with E-state index in [0.717, 1.165) is 17.0 Å². The number of rotatable bonds is 6. The number of nitrogens with one attached hydrogen (secondary N) is 2. The number of methoxy groups -OCH3 is 1. The molecule has 2 aromatic rings. The van der Waals surface area contributed by atoms with Crippen molar-refractivity contribution < 1.29 is 23.8 Å². The minimum absolute atomic E-state index is 0.190. The fourth-order valence-corrected chi connectivity index (χ4v) is 2.63. The molecular formula is C21H22N2O5. The minimum Gasteiger partial charge on any atom is -0.497 e. The Labute approximate surface area is 163 Å². The van der Waals surface area contributed by atoms with Crippen LogP contribution in [0.3, 0.4) is 0 Å². The zero-order valence-electron chi connectivity index (χ0n) is 15.9. The second kappa shape index (κ2) is 8.04. The standard InChI is InChI=1S/C21H22N2O5/c1-21(2)27-19(24)16(20(25)28-21)13-23-18-7-5-4-6-17(18)22-12-14-8-10-15(26-3)11-9-14/h4-11,13,22-23H,12H2,1-3H3. The van der Waals surface area contributed by atoms with Crippen LogP contribution in [0.25, 0.3) is 0 Å². The van der Waals surface area contributed by atoms with Gasteiger partial charge in [0.25, 0.3) is 5.79 Å². The molecule has 1 saturated heterocycles. The lowest BCUT2D eigenvalue weighted by Crippen LogP contribution is -2.42. The van der Waals surface area contributed by atoms with E-state index < -0.39 is 17.7 Å². The Bertz CT molecular complexity index is 881. The van der Waals surface area contributed by atoms with Crippen molar-refractivity contribution >= 4 is 23.3 Å². The number of anilines is 2. The van der Waals surface area contributed by atoms with Gasteiger partial charge in [0.1, 0.15) is 5.75 Å². The largest absolute Gasteiger partial charge is 0.497 e. The summed E-state index contributed by atoms with van der Waals surface area (Å²) in [4.78, 5) is 24.1. The molecular weight excluding hydrogens is 360 g/mol. The zero-order chi connectivity index (χ0) is 20.1. The summed E-state index contributed by atoms with van der Waals surface area (Å²) in [6.07, 6.45) is 1.30. The van der Waals surface area contributed by atoms with Gasteiger partial charge in [0, 0.05) is 26.6 Å². The van der Waals surface area contributed by atoms with E-state index in [1.807, 2.05) is 48.5 Å². The first kappa shape index (κ1) is 19.3. The SMILES string of the molecule is COc1ccc(CNc2ccccc2NC=C2C(=O)OC(C)(C)OC2=O)cc1. The van der Waals surface area contributed by atoms with Crippen LogP contribution in [0, 0.1) is 0 Å². The van der Waals surface area contributed by atoms with Gasteiger partial charge in [0.15, 0.2) is 5.57 Å². The van der Waals surface area contributed by atoms with Gasteiger partial charge in [-0.2, -0.15) is 0 Å². The Morgan fingerprint density at radius 1 is 0.964 bits per heavy atom. The predicted octanol–water partition coefficient (Wildman–Crippen LogP) is 3.44. The third kappa shape index (κ3) is 4.62. The van der Waals surface area contributed by atoms with Crippen molar-refractivity contribution in [3.63, 3.8) is 0 Å². The van der Waals surface area contributed by atoms with Gasteiger partial charge in [-0.15, -0.1) is 0 Å². The van der Waals surface area contributed by atoms with Crippen LogP contribution in [-0.2, 0) is 25.6 Å². The summed E-state index contributed by atoms with van der Waals surface area (Å²) in [5.74, 6) is -1.91. The molecule has 2 N–H and O–H groups in total. The third-order valence-electron chi connectivity index (χ3n) is 4.06. The topological polar surface area (TPSA) is 85.9 Å². The normalized spacial score (nSPS) is 15.3. The lowest BCUT2D eigenvalue weighted by atomic mass is 10.2. The van der Waals surface area contributed by atoms with Gasteiger partial charge in [-0.05, 0) is 29.8 Å². The summed E-state index contributed by atoms with van der Waals surface area (Å²) in [6.45, 7) is 3.61. The molecule has 3 rings (SSSR count). The average Bonchev–Trinajstić information content (AvgIpc) is 2.66. The van der Waals surface area contributed by atoms with Crippen molar-refractivity contribution in [2.45, 2.75) is 26.2 Å². The molecule has 0 atom stereocenters. The minimum atomic E-state index is -1.26. The molecule has 28 heavy (non-hydrogen) atoms. The molecule has 0 unspecified atom stereocenters. The zero-order valence-corrected chi connectivity index (χ0v) is 15.9. The summed E-state index contributed by atoms with van der Waals surface area (Å²) in [5, 5.41) is 6.30. The maximum absolute atomic E-state index is 12.0. The van der Waals surface area contributed by atoms with E-state index in [4.69, 9.17) is 14.2 Å². The number of cyclic esters (lactones) is 2. The molecule has 1 heterocycles. The number of hydrogen-bond donors (Lipinski definition) is 2. The second-order valence-electron chi connectivity index (χ2n) is 6.63. The van der Waals surface area contributed by atoms with Crippen LogP contribution in [0.2, 0.25) is 0 Å². The first-order valence-corrected chi connectivity index (χ1v) is 8.77. The van der Waals surface area contributed by atoms with Crippen molar-refractivity contribution in [2.24, 2.45) is 0 Å². The highest BCUT2D eigenvalue weighted by Gasteiger charge is 2.38. The molecule has 146 valence electrons. The molecule has 0 bridgehead atoms. The first-order valence-electron chi connectivity index (χ1n) is 8.77. The van der Waals surface area contributed by atoms with Crippen molar-refractivity contribution in [2.75, 3.05) is 17.7 Å². The summed E-state index contributed by atoms with van der Waals surface area (Å²) >= 11 is 0. The van der Waals surface area contributed by atoms with E-state index in [0.29, 0.717) is 12.2 Å². The molecule has 0 aromatic heterocycles. The van der Waals surface area contributed by atoms with Gasteiger partial charge >= 0.3 is 11.9 Å². The monoisotopic (exact) mass is 382 g/mol. The number of hydrogen-bond acceptors (Lipinski definition) is 7. The number of carbonyl (C=O) groups is 2. The highest BCUT2D eigenvalue weighted by Crippen LogP contribution is 2.25. The van der Waals surface area contributed by atoms with Crippen LogP contribution in [0.1, 0.15) is 19.4 Å². The average molecular weight is 382 g/mol. The lowest BCUT2D eigenvalue weighted by Gasteiger charge is -2.29. The Balaban J connectivity index is 1.70. The maximum Gasteiger partial charge on any atom is 0.350 e. The quantitative estimate of drug-likeness (QED) is 0.450. The van der Waals surface area contributed by atoms with Crippen LogP contribution >= 0.6 is 0 Å². The summed E-state index contributed by atoms with van der Waals surface area (Å²) in [5.41, 5.74) is 2.40. The molecule has 0 radical (unpaired) electrons. The molecule has 1 aliphatic rings. The molecule has 7 heteroatoms. The van der Waals surface area contributed by atoms with E-state index in [1.165, 1.54) is 20.0 Å². The molecule has 7 nitrogen and oxygen atoms in total. The summed E-state index contributed by atoms with van der Waals surface area (Å²) in [6, 6.07) is 15.2. The van der Waals surface area contributed by atoms with Crippen molar-refractivity contribution in [1.82, 2.24) is 0 Å². The Morgan fingerprint density at radius 3 is 2.18 bits per heavy atom. The lowest BCUT2D eigenvalue weighted by molar-refractivity contribution is -0.222. The van der Waals surface area contributed by atoms with Gasteiger partial charge < -0.3 is 24.8 Å². The molecule has 1 aliphatic heterocycles.